The monoisotopic (exact) mass is 184 g/mol. The van der Waals surface area contributed by atoms with Crippen LogP contribution in [0, 0.1) is 0 Å². The van der Waals surface area contributed by atoms with Gasteiger partial charge in [0.15, 0.2) is 5.96 Å². The van der Waals surface area contributed by atoms with E-state index in [0.717, 1.165) is 19.0 Å². The first-order valence-corrected chi connectivity index (χ1v) is 4.82. The van der Waals surface area contributed by atoms with Gasteiger partial charge in [0.25, 0.3) is 0 Å². The summed E-state index contributed by atoms with van der Waals surface area (Å²) in [7, 11) is 3.67. The van der Waals surface area contributed by atoms with Gasteiger partial charge in [0, 0.05) is 33.2 Å². The second-order valence-corrected chi connectivity index (χ2v) is 3.71. The van der Waals surface area contributed by atoms with E-state index in [1.165, 1.54) is 0 Å². The van der Waals surface area contributed by atoms with Crippen LogP contribution in [0.15, 0.2) is 4.99 Å². The Balaban J connectivity index is 2.21. The third kappa shape index (κ3) is 2.59. The first-order valence-electron chi connectivity index (χ1n) is 4.82. The highest BCUT2D eigenvalue weighted by Gasteiger charge is 2.28. The molecule has 13 heavy (non-hydrogen) atoms. The van der Waals surface area contributed by atoms with Gasteiger partial charge < -0.3 is 10.6 Å². The number of aliphatic imine (C=N–C) groups is 1. The van der Waals surface area contributed by atoms with E-state index in [1.807, 2.05) is 7.05 Å². The average Bonchev–Trinajstić information content (AvgIpc) is 2.02. The van der Waals surface area contributed by atoms with Crippen molar-refractivity contribution in [1.82, 2.24) is 15.5 Å². The van der Waals surface area contributed by atoms with Crippen LogP contribution in [0.3, 0.4) is 0 Å². The Bertz CT molecular complexity index is 182. The van der Waals surface area contributed by atoms with Gasteiger partial charge in [-0.2, -0.15) is 0 Å². The molecule has 0 aromatic heterocycles. The zero-order valence-electron chi connectivity index (χ0n) is 8.96. The van der Waals surface area contributed by atoms with Crippen LogP contribution in [0.5, 0.6) is 0 Å². The molecule has 0 aliphatic carbocycles. The molecule has 0 aromatic rings. The van der Waals surface area contributed by atoms with E-state index in [0.29, 0.717) is 12.1 Å². The molecule has 0 unspecified atom stereocenters. The quantitative estimate of drug-likeness (QED) is 0.464. The lowest BCUT2D eigenvalue weighted by Crippen LogP contribution is -2.62. The molecule has 1 aliphatic rings. The lowest BCUT2D eigenvalue weighted by atomic mass is 10.1. The van der Waals surface area contributed by atoms with Crippen molar-refractivity contribution in [2.75, 3.05) is 27.2 Å². The zero-order valence-corrected chi connectivity index (χ0v) is 8.96. The third-order valence-corrected chi connectivity index (χ3v) is 2.44. The van der Waals surface area contributed by atoms with E-state index < -0.39 is 0 Å². The molecule has 76 valence electrons. The molecule has 4 heteroatoms. The molecular formula is C9H20N4. The van der Waals surface area contributed by atoms with Crippen molar-refractivity contribution < 1.29 is 0 Å². The molecule has 0 aromatic carbocycles. The minimum Gasteiger partial charge on any atom is -0.359 e. The molecule has 0 atom stereocenters. The van der Waals surface area contributed by atoms with E-state index in [-0.39, 0.29) is 0 Å². The standard InChI is InChI=1S/C9H20N4/c1-7(2)13-5-8(6-13)12-9(10-3)11-4/h7-8H,5-6H2,1-4H3,(H2,10,11,12). The molecule has 1 rings (SSSR count). The number of likely N-dealkylation sites (tertiary alicyclic amines) is 1. The Morgan fingerprint density at radius 1 is 1.46 bits per heavy atom. The Hall–Kier alpha value is -0.770. The number of hydrogen-bond donors (Lipinski definition) is 2. The first kappa shape index (κ1) is 10.3. The van der Waals surface area contributed by atoms with E-state index in [2.05, 4.69) is 34.4 Å². The number of nitrogens with zero attached hydrogens (tertiary/aromatic N) is 2. The normalized spacial score (nSPS) is 20.2. The van der Waals surface area contributed by atoms with Crippen LogP contribution in [0.1, 0.15) is 13.8 Å². The van der Waals surface area contributed by atoms with Gasteiger partial charge in [-0.3, -0.25) is 9.89 Å². The average molecular weight is 184 g/mol. The van der Waals surface area contributed by atoms with Gasteiger partial charge in [-0.1, -0.05) is 0 Å². The second kappa shape index (κ2) is 4.46. The fourth-order valence-corrected chi connectivity index (χ4v) is 1.47. The SMILES string of the molecule is CN=C(NC)NC1CN(C(C)C)C1. The zero-order chi connectivity index (χ0) is 9.84. The second-order valence-electron chi connectivity index (χ2n) is 3.71. The molecule has 2 N–H and O–H groups in total. The summed E-state index contributed by atoms with van der Waals surface area (Å²) in [6.07, 6.45) is 0. The van der Waals surface area contributed by atoms with Crippen LogP contribution < -0.4 is 10.6 Å². The Kier molecular flexibility index (Phi) is 3.54. The predicted octanol–water partition coefficient (Wildman–Crippen LogP) is -0.126. The highest BCUT2D eigenvalue weighted by atomic mass is 15.3. The van der Waals surface area contributed by atoms with Crippen molar-refractivity contribution in [1.29, 1.82) is 0 Å². The number of nitrogens with one attached hydrogen (secondary N) is 2. The maximum atomic E-state index is 4.07. The van der Waals surface area contributed by atoms with Gasteiger partial charge in [-0.25, -0.2) is 0 Å². The molecule has 1 heterocycles. The topological polar surface area (TPSA) is 39.7 Å². The Morgan fingerprint density at radius 2 is 2.08 bits per heavy atom. The molecule has 1 saturated heterocycles. The van der Waals surface area contributed by atoms with Gasteiger partial charge >= 0.3 is 0 Å². The Morgan fingerprint density at radius 3 is 2.46 bits per heavy atom. The van der Waals surface area contributed by atoms with Crippen LogP contribution >= 0.6 is 0 Å². The van der Waals surface area contributed by atoms with Gasteiger partial charge in [0.1, 0.15) is 0 Å². The predicted molar refractivity (Wildman–Crippen MR) is 56.1 cm³/mol. The highest BCUT2D eigenvalue weighted by molar-refractivity contribution is 5.79. The number of guanidine groups is 1. The highest BCUT2D eigenvalue weighted by Crippen LogP contribution is 2.10. The van der Waals surface area contributed by atoms with Crippen molar-refractivity contribution in [2.45, 2.75) is 25.9 Å². The maximum Gasteiger partial charge on any atom is 0.191 e. The summed E-state index contributed by atoms with van der Waals surface area (Å²) in [5.41, 5.74) is 0. The molecule has 0 spiro atoms. The van der Waals surface area contributed by atoms with E-state index in [9.17, 15) is 0 Å². The summed E-state index contributed by atoms with van der Waals surface area (Å²) < 4.78 is 0. The molecular weight excluding hydrogens is 164 g/mol. The molecule has 0 radical (unpaired) electrons. The fourth-order valence-electron chi connectivity index (χ4n) is 1.47. The summed E-state index contributed by atoms with van der Waals surface area (Å²) in [6.45, 7) is 6.70. The van der Waals surface area contributed by atoms with Crippen molar-refractivity contribution in [3.63, 3.8) is 0 Å². The van der Waals surface area contributed by atoms with Crippen LogP contribution in [-0.4, -0.2) is 50.1 Å². The third-order valence-electron chi connectivity index (χ3n) is 2.44. The Labute approximate surface area is 80.4 Å². The van der Waals surface area contributed by atoms with Crippen LogP contribution in [0.4, 0.5) is 0 Å². The van der Waals surface area contributed by atoms with Crippen molar-refractivity contribution in [3.8, 4) is 0 Å². The van der Waals surface area contributed by atoms with E-state index in [4.69, 9.17) is 0 Å². The van der Waals surface area contributed by atoms with E-state index >= 15 is 0 Å². The summed E-state index contributed by atoms with van der Waals surface area (Å²) in [5, 5.41) is 6.35. The van der Waals surface area contributed by atoms with Gasteiger partial charge in [0.05, 0.1) is 6.04 Å². The fraction of sp³-hybridized carbons (Fsp3) is 0.889. The minimum absolute atomic E-state index is 0.563. The van der Waals surface area contributed by atoms with Crippen molar-refractivity contribution in [3.05, 3.63) is 0 Å². The molecule has 1 aliphatic heterocycles. The van der Waals surface area contributed by atoms with Crippen molar-refractivity contribution in [2.24, 2.45) is 4.99 Å². The lowest BCUT2D eigenvalue weighted by Gasteiger charge is -2.42. The van der Waals surface area contributed by atoms with Gasteiger partial charge in [0.2, 0.25) is 0 Å². The molecule has 1 fully saturated rings. The number of hydrogen-bond acceptors (Lipinski definition) is 2. The first-order chi connectivity index (χ1) is 6.17. The smallest absolute Gasteiger partial charge is 0.191 e. The van der Waals surface area contributed by atoms with E-state index in [1.54, 1.807) is 7.05 Å². The number of rotatable bonds is 2. The maximum absolute atomic E-state index is 4.07. The summed E-state index contributed by atoms with van der Waals surface area (Å²) in [6, 6.07) is 1.23. The minimum atomic E-state index is 0.563. The summed E-state index contributed by atoms with van der Waals surface area (Å²) in [5.74, 6) is 0.883. The van der Waals surface area contributed by atoms with Gasteiger partial charge in [-0.05, 0) is 13.8 Å². The van der Waals surface area contributed by atoms with Crippen LogP contribution in [-0.2, 0) is 0 Å². The molecule has 0 amide bonds. The van der Waals surface area contributed by atoms with Crippen LogP contribution in [0.25, 0.3) is 0 Å². The summed E-state index contributed by atoms with van der Waals surface area (Å²) in [4.78, 5) is 6.51. The van der Waals surface area contributed by atoms with Crippen LogP contribution in [0.2, 0.25) is 0 Å². The van der Waals surface area contributed by atoms with Crippen molar-refractivity contribution >= 4 is 5.96 Å². The molecule has 4 nitrogen and oxygen atoms in total. The molecule has 0 saturated carbocycles. The largest absolute Gasteiger partial charge is 0.359 e. The van der Waals surface area contributed by atoms with Gasteiger partial charge in [-0.15, -0.1) is 0 Å². The summed E-state index contributed by atoms with van der Waals surface area (Å²) >= 11 is 0. The molecule has 0 bridgehead atoms. The lowest BCUT2D eigenvalue weighted by molar-refractivity contribution is 0.102.